The summed E-state index contributed by atoms with van der Waals surface area (Å²) >= 11 is 0. The summed E-state index contributed by atoms with van der Waals surface area (Å²) < 4.78 is 1.95. The van der Waals surface area contributed by atoms with E-state index >= 15 is 0 Å². The first-order valence-corrected chi connectivity index (χ1v) is 8.22. The van der Waals surface area contributed by atoms with Crippen molar-refractivity contribution in [2.75, 3.05) is 26.7 Å². The lowest BCUT2D eigenvalue weighted by Gasteiger charge is -2.37. The largest absolute Gasteiger partial charge is 0.480 e. The summed E-state index contributed by atoms with van der Waals surface area (Å²) in [6, 6.07) is 9.93. The fourth-order valence-electron chi connectivity index (χ4n) is 3.28. The lowest BCUT2D eigenvalue weighted by atomic mass is 10.1. The van der Waals surface area contributed by atoms with E-state index in [-0.39, 0.29) is 0 Å². The molecule has 1 fully saturated rings. The number of rotatable bonds is 4. The van der Waals surface area contributed by atoms with Crippen molar-refractivity contribution in [1.82, 2.24) is 19.6 Å². The van der Waals surface area contributed by atoms with Crippen molar-refractivity contribution in [3.8, 4) is 5.69 Å². The van der Waals surface area contributed by atoms with Crippen molar-refractivity contribution in [2.24, 2.45) is 0 Å². The molecular formula is C18H24N4O2. The molecule has 1 aliphatic rings. The van der Waals surface area contributed by atoms with E-state index in [1.807, 2.05) is 42.6 Å². The van der Waals surface area contributed by atoms with Gasteiger partial charge in [0.1, 0.15) is 6.04 Å². The molecule has 2 aromatic rings. The maximum atomic E-state index is 11.4. The lowest BCUT2D eigenvalue weighted by molar-refractivity contribution is -0.145. The monoisotopic (exact) mass is 328 g/mol. The molecule has 1 N–H and O–H groups in total. The molecule has 0 amide bonds. The van der Waals surface area contributed by atoms with Crippen LogP contribution in [0.25, 0.3) is 5.69 Å². The van der Waals surface area contributed by atoms with E-state index in [9.17, 15) is 9.90 Å². The summed E-state index contributed by atoms with van der Waals surface area (Å²) in [5.74, 6) is -0.751. The summed E-state index contributed by atoms with van der Waals surface area (Å²) in [7, 11) is 1.87. The van der Waals surface area contributed by atoms with Gasteiger partial charge >= 0.3 is 5.97 Å². The van der Waals surface area contributed by atoms with Crippen molar-refractivity contribution in [3.63, 3.8) is 0 Å². The van der Waals surface area contributed by atoms with Gasteiger partial charge in [0.25, 0.3) is 0 Å². The number of hydrogen-bond acceptors (Lipinski definition) is 4. The van der Waals surface area contributed by atoms with Gasteiger partial charge in [-0.05, 0) is 44.7 Å². The number of nitrogens with zero attached hydrogens (tertiary/aromatic N) is 4. The Bertz CT molecular complexity index is 740. The van der Waals surface area contributed by atoms with Gasteiger partial charge in [-0.1, -0.05) is 12.1 Å². The van der Waals surface area contributed by atoms with Gasteiger partial charge in [0.05, 0.1) is 11.4 Å². The highest BCUT2D eigenvalue weighted by Gasteiger charge is 2.29. The number of hydrogen-bond donors (Lipinski definition) is 1. The Labute approximate surface area is 142 Å². The molecule has 1 unspecified atom stereocenters. The average Bonchev–Trinajstić information content (AvgIpc) is 2.88. The summed E-state index contributed by atoms with van der Waals surface area (Å²) in [6.07, 6.45) is 0. The molecule has 6 heteroatoms. The molecule has 0 saturated carbocycles. The van der Waals surface area contributed by atoms with Crippen LogP contribution < -0.4 is 0 Å². The molecular weight excluding hydrogens is 304 g/mol. The predicted octanol–water partition coefficient (Wildman–Crippen LogP) is 1.69. The van der Waals surface area contributed by atoms with Crippen molar-refractivity contribution in [1.29, 1.82) is 0 Å². The standard InChI is InChI=1S/C18H24N4O2/c1-13-9-14(2)22(19-13)16-6-4-5-15(10-16)11-21-8-7-20(3)17(12-21)18(23)24/h4-6,9-10,17H,7-8,11-12H2,1-3H3,(H,23,24). The molecule has 2 heterocycles. The molecule has 1 aliphatic heterocycles. The van der Waals surface area contributed by atoms with Crippen LogP contribution in [0.1, 0.15) is 17.0 Å². The van der Waals surface area contributed by atoms with Gasteiger partial charge in [0.2, 0.25) is 0 Å². The SMILES string of the molecule is Cc1cc(C)n(-c2cccc(CN3CCN(C)C(C(=O)O)C3)c2)n1. The van der Waals surface area contributed by atoms with Crippen molar-refractivity contribution in [2.45, 2.75) is 26.4 Å². The zero-order chi connectivity index (χ0) is 17.3. The van der Waals surface area contributed by atoms with Crippen LogP contribution >= 0.6 is 0 Å². The average molecular weight is 328 g/mol. The number of aliphatic carboxylic acids is 1. The third-order valence-corrected chi connectivity index (χ3v) is 4.59. The van der Waals surface area contributed by atoms with E-state index in [4.69, 9.17) is 0 Å². The maximum absolute atomic E-state index is 11.4. The second-order valence-corrected chi connectivity index (χ2v) is 6.58. The van der Waals surface area contributed by atoms with Gasteiger partial charge in [0, 0.05) is 31.9 Å². The molecule has 0 radical (unpaired) electrons. The molecule has 1 aromatic carbocycles. The number of benzene rings is 1. The molecule has 0 aliphatic carbocycles. The van der Waals surface area contributed by atoms with Crippen LogP contribution in [0.5, 0.6) is 0 Å². The number of carboxylic acids is 1. The van der Waals surface area contributed by atoms with E-state index in [1.54, 1.807) is 0 Å². The van der Waals surface area contributed by atoms with Crippen LogP contribution in [0.4, 0.5) is 0 Å². The first-order valence-electron chi connectivity index (χ1n) is 8.22. The van der Waals surface area contributed by atoms with Gasteiger partial charge in [0.15, 0.2) is 0 Å². The van der Waals surface area contributed by atoms with E-state index in [0.29, 0.717) is 6.54 Å². The maximum Gasteiger partial charge on any atom is 0.322 e. The topological polar surface area (TPSA) is 61.6 Å². The third kappa shape index (κ3) is 3.49. The smallest absolute Gasteiger partial charge is 0.322 e. The van der Waals surface area contributed by atoms with E-state index in [1.165, 1.54) is 5.56 Å². The molecule has 0 spiro atoms. The summed E-state index contributed by atoms with van der Waals surface area (Å²) in [4.78, 5) is 15.5. The second kappa shape index (κ2) is 6.75. The molecule has 1 atom stereocenters. The van der Waals surface area contributed by atoms with Crippen LogP contribution in [0, 0.1) is 13.8 Å². The minimum absolute atomic E-state index is 0.432. The van der Waals surface area contributed by atoms with E-state index in [2.05, 4.69) is 28.2 Å². The Morgan fingerprint density at radius 1 is 1.29 bits per heavy atom. The second-order valence-electron chi connectivity index (χ2n) is 6.58. The normalized spacial score (nSPS) is 19.5. The number of aryl methyl sites for hydroxylation is 2. The Morgan fingerprint density at radius 3 is 2.75 bits per heavy atom. The number of likely N-dealkylation sites (N-methyl/N-ethyl adjacent to an activating group) is 1. The van der Waals surface area contributed by atoms with Crippen LogP contribution in [0.3, 0.4) is 0 Å². The van der Waals surface area contributed by atoms with Crippen LogP contribution in [-0.4, -0.2) is 63.4 Å². The molecule has 3 rings (SSSR count). The van der Waals surface area contributed by atoms with Gasteiger partial charge in [-0.15, -0.1) is 0 Å². The predicted molar refractivity (Wildman–Crippen MR) is 92.4 cm³/mol. The quantitative estimate of drug-likeness (QED) is 0.925. The van der Waals surface area contributed by atoms with Crippen LogP contribution in [0.2, 0.25) is 0 Å². The van der Waals surface area contributed by atoms with Gasteiger partial charge in [-0.25, -0.2) is 4.68 Å². The summed E-state index contributed by atoms with van der Waals surface area (Å²) in [5.41, 5.74) is 4.33. The van der Waals surface area contributed by atoms with Crippen LogP contribution in [0.15, 0.2) is 30.3 Å². The van der Waals surface area contributed by atoms with Gasteiger partial charge < -0.3 is 5.11 Å². The molecule has 1 aromatic heterocycles. The molecule has 24 heavy (non-hydrogen) atoms. The molecule has 6 nitrogen and oxygen atoms in total. The first kappa shape index (κ1) is 16.7. The van der Waals surface area contributed by atoms with Crippen LogP contribution in [-0.2, 0) is 11.3 Å². The Morgan fingerprint density at radius 2 is 2.08 bits per heavy atom. The van der Waals surface area contributed by atoms with Gasteiger partial charge in [-0.2, -0.15) is 5.10 Å². The number of carbonyl (C=O) groups is 1. The Balaban J connectivity index is 1.75. The summed E-state index contributed by atoms with van der Waals surface area (Å²) in [5, 5.41) is 13.9. The molecule has 128 valence electrons. The Hall–Kier alpha value is -2.18. The zero-order valence-corrected chi connectivity index (χ0v) is 14.4. The van der Waals surface area contributed by atoms with Crippen molar-refractivity contribution < 1.29 is 9.90 Å². The highest BCUT2D eigenvalue weighted by atomic mass is 16.4. The van der Waals surface area contributed by atoms with Crippen molar-refractivity contribution in [3.05, 3.63) is 47.3 Å². The number of aromatic nitrogens is 2. The van der Waals surface area contributed by atoms with Crippen molar-refractivity contribution >= 4 is 5.97 Å². The fourth-order valence-corrected chi connectivity index (χ4v) is 3.28. The fraction of sp³-hybridized carbons (Fsp3) is 0.444. The minimum Gasteiger partial charge on any atom is -0.480 e. The van der Waals surface area contributed by atoms with Gasteiger partial charge in [-0.3, -0.25) is 14.6 Å². The minimum atomic E-state index is -0.751. The highest BCUT2D eigenvalue weighted by molar-refractivity contribution is 5.73. The lowest BCUT2D eigenvalue weighted by Crippen LogP contribution is -2.54. The number of carboxylic acid groups (broad SMARTS) is 1. The van der Waals surface area contributed by atoms with E-state index in [0.717, 1.165) is 36.7 Å². The first-order chi connectivity index (χ1) is 11.4. The highest BCUT2D eigenvalue weighted by Crippen LogP contribution is 2.17. The number of piperazine rings is 1. The zero-order valence-electron chi connectivity index (χ0n) is 14.4. The van der Waals surface area contributed by atoms with E-state index < -0.39 is 12.0 Å². The summed E-state index contributed by atoms with van der Waals surface area (Å²) in [6.45, 7) is 6.99. The molecule has 1 saturated heterocycles. The molecule has 0 bridgehead atoms. The Kier molecular flexibility index (Phi) is 4.69. The third-order valence-electron chi connectivity index (χ3n) is 4.59.